The van der Waals surface area contributed by atoms with E-state index in [0.29, 0.717) is 5.75 Å². The van der Waals surface area contributed by atoms with Crippen molar-refractivity contribution in [1.82, 2.24) is 0 Å². The first kappa shape index (κ1) is 12.7. The molecule has 3 N–H and O–H groups in total. The Hall–Kier alpha value is -1.37. The van der Waals surface area contributed by atoms with Crippen molar-refractivity contribution in [2.45, 2.75) is 6.10 Å². The topological polar surface area (TPSA) is 98.6 Å². The molecule has 16 heavy (non-hydrogen) atoms. The summed E-state index contributed by atoms with van der Waals surface area (Å²) in [6.45, 7) is 0.103. The van der Waals surface area contributed by atoms with Crippen LogP contribution in [0, 0.1) is 10.1 Å². The quantitative estimate of drug-likeness (QED) is 0.595. The highest BCUT2D eigenvalue weighted by molar-refractivity contribution is 6.32. The van der Waals surface area contributed by atoms with Gasteiger partial charge in [0.15, 0.2) is 0 Å². The van der Waals surface area contributed by atoms with Gasteiger partial charge in [-0.2, -0.15) is 0 Å². The van der Waals surface area contributed by atoms with E-state index in [1.54, 1.807) is 0 Å². The second-order valence-electron chi connectivity index (χ2n) is 3.07. The summed E-state index contributed by atoms with van der Waals surface area (Å²) in [6.07, 6.45) is -0.769. The first-order chi connectivity index (χ1) is 7.54. The van der Waals surface area contributed by atoms with Gasteiger partial charge < -0.3 is 15.6 Å². The number of ether oxygens (including phenoxy) is 1. The van der Waals surface area contributed by atoms with Gasteiger partial charge in [-0.1, -0.05) is 11.6 Å². The molecular formula is C9H11ClN2O4. The summed E-state index contributed by atoms with van der Waals surface area (Å²) in [5.41, 5.74) is 5.00. The van der Waals surface area contributed by atoms with Crippen LogP contribution in [0.4, 0.5) is 5.69 Å². The lowest BCUT2D eigenvalue weighted by Gasteiger charge is -2.10. The second-order valence-corrected chi connectivity index (χ2v) is 3.48. The van der Waals surface area contributed by atoms with Gasteiger partial charge in [0.1, 0.15) is 23.5 Å². The highest BCUT2D eigenvalue weighted by Gasteiger charge is 2.12. The normalized spacial score (nSPS) is 12.2. The number of halogens is 1. The Morgan fingerprint density at radius 3 is 2.81 bits per heavy atom. The first-order valence-corrected chi connectivity index (χ1v) is 4.87. The Morgan fingerprint density at radius 1 is 1.62 bits per heavy atom. The molecule has 7 heteroatoms. The van der Waals surface area contributed by atoms with Crippen LogP contribution in [0.5, 0.6) is 5.75 Å². The van der Waals surface area contributed by atoms with E-state index < -0.39 is 11.0 Å². The summed E-state index contributed by atoms with van der Waals surface area (Å²) in [7, 11) is 0. The fourth-order valence-corrected chi connectivity index (χ4v) is 1.23. The number of hydrogen-bond acceptors (Lipinski definition) is 5. The SMILES string of the molecule is NCC(O)COc1ccc([N+](=O)[O-])c(Cl)c1. The summed E-state index contributed by atoms with van der Waals surface area (Å²) in [5, 5.41) is 19.6. The summed E-state index contributed by atoms with van der Waals surface area (Å²) < 4.78 is 5.14. The Kier molecular flexibility index (Phi) is 4.48. The Bertz CT molecular complexity index is 386. The largest absolute Gasteiger partial charge is 0.491 e. The van der Waals surface area contributed by atoms with Gasteiger partial charge in [-0.05, 0) is 6.07 Å². The van der Waals surface area contributed by atoms with Crippen LogP contribution >= 0.6 is 11.6 Å². The zero-order valence-electron chi connectivity index (χ0n) is 8.30. The number of hydrogen-bond donors (Lipinski definition) is 2. The van der Waals surface area contributed by atoms with Crippen LogP contribution in [-0.2, 0) is 0 Å². The predicted molar refractivity (Wildman–Crippen MR) is 58.7 cm³/mol. The molecule has 0 amide bonds. The first-order valence-electron chi connectivity index (χ1n) is 4.49. The number of nitrogens with zero attached hydrogens (tertiary/aromatic N) is 1. The van der Waals surface area contributed by atoms with Crippen LogP contribution in [0.15, 0.2) is 18.2 Å². The van der Waals surface area contributed by atoms with E-state index in [2.05, 4.69) is 0 Å². The van der Waals surface area contributed by atoms with E-state index >= 15 is 0 Å². The van der Waals surface area contributed by atoms with Crippen LogP contribution < -0.4 is 10.5 Å². The highest BCUT2D eigenvalue weighted by atomic mass is 35.5. The molecule has 0 spiro atoms. The van der Waals surface area contributed by atoms with Gasteiger partial charge in [0.2, 0.25) is 0 Å². The number of aliphatic hydroxyl groups is 1. The number of rotatable bonds is 5. The third kappa shape index (κ3) is 3.34. The van der Waals surface area contributed by atoms with Crippen molar-refractivity contribution < 1.29 is 14.8 Å². The van der Waals surface area contributed by atoms with E-state index in [1.165, 1.54) is 18.2 Å². The smallest absolute Gasteiger partial charge is 0.288 e. The maximum absolute atomic E-state index is 10.5. The lowest BCUT2D eigenvalue weighted by molar-refractivity contribution is -0.384. The number of nitro benzene ring substituents is 1. The summed E-state index contributed by atoms with van der Waals surface area (Å²) >= 11 is 5.66. The Labute approximate surface area is 96.7 Å². The molecule has 1 atom stereocenters. The molecule has 1 aromatic carbocycles. The van der Waals surface area contributed by atoms with Crippen LogP contribution in [0.2, 0.25) is 5.02 Å². The van der Waals surface area contributed by atoms with Crippen LogP contribution in [-0.4, -0.2) is 29.3 Å². The van der Waals surface area contributed by atoms with Crippen molar-refractivity contribution in [2.24, 2.45) is 5.73 Å². The summed E-state index contributed by atoms with van der Waals surface area (Å²) in [4.78, 5) is 9.89. The third-order valence-corrected chi connectivity index (χ3v) is 2.13. The maximum atomic E-state index is 10.5. The molecule has 1 rings (SSSR count). The Balaban J connectivity index is 2.70. The van der Waals surface area contributed by atoms with Crippen molar-refractivity contribution in [3.05, 3.63) is 33.3 Å². The fraction of sp³-hybridized carbons (Fsp3) is 0.333. The molecule has 6 nitrogen and oxygen atoms in total. The lowest BCUT2D eigenvalue weighted by Crippen LogP contribution is -2.26. The van der Waals surface area contributed by atoms with Crippen LogP contribution in [0.3, 0.4) is 0 Å². The van der Waals surface area contributed by atoms with Crippen molar-refractivity contribution >= 4 is 17.3 Å². The van der Waals surface area contributed by atoms with Crippen molar-refractivity contribution in [1.29, 1.82) is 0 Å². The van der Waals surface area contributed by atoms with Gasteiger partial charge in [0.25, 0.3) is 5.69 Å². The molecular weight excluding hydrogens is 236 g/mol. The number of nitrogens with two attached hydrogens (primary N) is 1. The number of nitro groups is 1. The lowest BCUT2D eigenvalue weighted by atomic mass is 10.3. The molecule has 0 radical (unpaired) electrons. The molecule has 0 heterocycles. The molecule has 0 aromatic heterocycles. The monoisotopic (exact) mass is 246 g/mol. The number of aliphatic hydroxyl groups excluding tert-OH is 1. The van der Waals surface area contributed by atoms with Gasteiger partial charge in [-0.25, -0.2) is 0 Å². The van der Waals surface area contributed by atoms with Crippen LogP contribution in [0.1, 0.15) is 0 Å². The van der Waals surface area contributed by atoms with E-state index in [-0.39, 0.29) is 23.9 Å². The molecule has 0 aliphatic heterocycles. The van der Waals surface area contributed by atoms with Gasteiger partial charge in [0.05, 0.1) is 4.92 Å². The molecule has 1 unspecified atom stereocenters. The van der Waals surface area contributed by atoms with Gasteiger partial charge >= 0.3 is 0 Å². The summed E-state index contributed by atoms with van der Waals surface area (Å²) in [5.74, 6) is 0.350. The van der Waals surface area contributed by atoms with E-state index in [4.69, 9.17) is 27.2 Å². The molecule has 0 aliphatic carbocycles. The summed E-state index contributed by atoms with van der Waals surface area (Å²) in [6, 6.07) is 3.97. The third-order valence-electron chi connectivity index (χ3n) is 1.83. The molecule has 88 valence electrons. The maximum Gasteiger partial charge on any atom is 0.288 e. The Morgan fingerprint density at radius 2 is 2.31 bits per heavy atom. The second kappa shape index (κ2) is 5.64. The fourth-order valence-electron chi connectivity index (χ4n) is 0.986. The molecule has 0 fully saturated rings. The van der Waals surface area contributed by atoms with Crippen molar-refractivity contribution in [3.63, 3.8) is 0 Å². The average Bonchev–Trinajstić information content (AvgIpc) is 2.25. The highest BCUT2D eigenvalue weighted by Crippen LogP contribution is 2.28. The van der Waals surface area contributed by atoms with Gasteiger partial charge in [0, 0.05) is 18.7 Å². The van der Waals surface area contributed by atoms with Gasteiger partial charge in [-0.3, -0.25) is 10.1 Å². The van der Waals surface area contributed by atoms with E-state index in [0.717, 1.165) is 0 Å². The molecule has 0 saturated carbocycles. The van der Waals surface area contributed by atoms with Crippen molar-refractivity contribution in [2.75, 3.05) is 13.2 Å². The molecule has 0 aliphatic rings. The zero-order valence-corrected chi connectivity index (χ0v) is 9.05. The van der Waals surface area contributed by atoms with Gasteiger partial charge in [-0.15, -0.1) is 0 Å². The van der Waals surface area contributed by atoms with E-state index in [1.807, 2.05) is 0 Å². The molecule has 0 bridgehead atoms. The molecule has 1 aromatic rings. The minimum atomic E-state index is -0.769. The van der Waals surface area contributed by atoms with Crippen molar-refractivity contribution in [3.8, 4) is 5.75 Å². The average molecular weight is 247 g/mol. The molecule has 0 saturated heterocycles. The standard InChI is InChI=1S/C9H11ClN2O4/c10-8-3-7(16-5-6(13)4-11)1-2-9(8)12(14)15/h1-3,6,13H,4-5,11H2. The minimum absolute atomic E-state index is 0.00950. The van der Waals surface area contributed by atoms with Crippen LogP contribution in [0.25, 0.3) is 0 Å². The predicted octanol–water partition coefficient (Wildman–Crippen LogP) is 0.947. The minimum Gasteiger partial charge on any atom is -0.491 e. The number of benzene rings is 1. The van der Waals surface area contributed by atoms with E-state index in [9.17, 15) is 10.1 Å². The zero-order chi connectivity index (χ0) is 12.1.